The van der Waals surface area contributed by atoms with E-state index in [0.29, 0.717) is 17.7 Å². The van der Waals surface area contributed by atoms with Crippen molar-refractivity contribution in [3.05, 3.63) is 34.0 Å². The Kier molecular flexibility index (Phi) is 5.87. The molecule has 0 aliphatic heterocycles. The number of halogens is 5. The van der Waals surface area contributed by atoms with Crippen LogP contribution in [-0.4, -0.2) is 53.8 Å². The van der Waals surface area contributed by atoms with E-state index in [1.165, 1.54) is 24.2 Å². The molecule has 0 radical (unpaired) electrons. The molecule has 9 nitrogen and oxygen atoms in total. The molecular formula is C21H17F5N8OS. The van der Waals surface area contributed by atoms with Crippen LogP contribution in [0.3, 0.4) is 0 Å². The zero-order valence-corrected chi connectivity index (χ0v) is 19.9. The summed E-state index contributed by atoms with van der Waals surface area (Å²) in [6.45, 7) is 3.06. The van der Waals surface area contributed by atoms with Gasteiger partial charge in [0.1, 0.15) is 27.9 Å². The number of alkyl halides is 5. The summed E-state index contributed by atoms with van der Waals surface area (Å²) in [5.41, 5.74) is -2.55. The van der Waals surface area contributed by atoms with E-state index in [0.717, 1.165) is 27.6 Å². The summed E-state index contributed by atoms with van der Waals surface area (Å²) in [4.78, 5) is 15.0. The molecule has 1 amide bonds. The predicted octanol–water partition coefficient (Wildman–Crippen LogP) is 4.08. The molecule has 15 heteroatoms. The van der Waals surface area contributed by atoms with Crippen molar-refractivity contribution < 1.29 is 26.7 Å². The van der Waals surface area contributed by atoms with Crippen molar-refractivity contribution in [3.63, 3.8) is 0 Å². The monoisotopic (exact) mass is 524 g/mol. The van der Waals surface area contributed by atoms with Crippen LogP contribution < -0.4 is 0 Å². The smallest absolute Gasteiger partial charge is 0.320 e. The van der Waals surface area contributed by atoms with Crippen molar-refractivity contribution in [1.29, 1.82) is 10.5 Å². The van der Waals surface area contributed by atoms with Crippen LogP contribution in [0, 0.1) is 29.6 Å². The first kappa shape index (κ1) is 25.2. The fourth-order valence-electron chi connectivity index (χ4n) is 3.96. The topological polar surface area (TPSA) is 116 Å². The predicted molar refractivity (Wildman–Crippen MR) is 115 cm³/mol. The highest BCUT2D eigenvalue weighted by Crippen LogP contribution is 2.45. The van der Waals surface area contributed by atoms with Gasteiger partial charge in [-0.05, 0) is 32.8 Å². The van der Waals surface area contributed by atoms with Crippen LogP contribution in [0.1, 0.15) is 46.3 Å². The fourth-order valence-corrected chi connectivity index (χ4v) is 4.86. The Morgan fingerprint density at radius 3 is 2.47 bits per heavy atom. The number of hydrogen-bond acceptors (Lipinski definition) is 7. The second-order valence-corrected chi connectivity index (χ2v) is 9.25. The third-order valence-electron chi connectivity index (χ3n) is 5.94. The molecule has 0 unspecified atom stereocenters. The molecule has 4 rings (SSSR count). The van der Waals surface area contributed by atoms with Gasteiger partial charge in [0.15, 0.2) is 5.82 Å². The number of aryl methyl sites for hydroxylation is 1. The number of amides is 1. The first-order valence-electron chi connectivity index (χ1n) is 10.5. The normalized spacial score (nSPS) is 14.8. The number of nitriles is 2. The van der Waals surface area contributed by atoms with Gasteiger partial charge in [0, 0.05) is 19.2 Å². The summed E-state index contributed by atoms with van der Waals surface area (Å²) in [7, 11) is 1.19. The molecule has 0 atom stereocenters. The standard InChI is InChI=1S/C21H17F5N8OS/c1-4-33(19(10-28)5-6-19)18(35)12-7-14(36-15(12)8-27)13-9-34(31-29-13)17-11(2)16(30-32(17)3)20(22,23)21(24,25)26/h7,9H,4-6H2,1-3H3. The van der Waals surface area contributed by atoms with Crippen LogP contribution >= 0.6 is 11.3 Å². The van der Waals surface area contributed by atoms with Crippen molar-refractivity contribution >= 4 is 17.2 Å². The van der Waals surface area contributed by atoms with Gasteiger partial charge in [0.05, 0.1) is 22.7 Å². The molecule has 0 saturated heterocycles. The summed E-state index contributed by atoms with van der Waals surface area (Å²) in [5, 5.41) is 30.2. The Morgan fingerprint density at radius 2 is 1.94 bits per heavy atom. The van der Waals surface area contributed by atoms with Crippen molar-refractivity contribution in [2.75, 3.05) is 6.54 Å². The van der Waals surface area contributed by atoms with Gasteiger partial charge in [-0.15, -0.1) is 16.4 Å². The lowest BCUT2D eigenvalue weighted by Crippen LogP contribution is -2.41. The van der Waals surface area contributed by atoms with E-state index in [1.54, 1.807) is 6.92 Å². The molecular weight excluding hydrogens is 507 g/mol. The molecule has 1 fully saturated rings. The van der Waals surface area contributed by atoms with Crippen molar-refractivity contribution in [1.82, 2.24) is 29.7 Å². The number of thiophene rings is 1. The number of carbonyl (C=O) groups excluding carboxylic acids is 1. The first-order chi connectivity index (χ1) is 16.8. The lowest BCUT2D eigenvalue weighted by molar-refractivity contribution is -0.291. The van der Waals surface area contributed by atoms with Gasteiger partial charge in [-0.2, -0.15) is 37.6 Å². The Hall–Kier alpha value is -3.85. The van der Waals surface area contributed by atoms with Gasteiger partial charge in [-0.3, -0.25) is 9.48 Å². The maximum absolute atomic E-state index is 13.9. The lowest BCUT2D eigenvalue weighted by atomic mass is 10.1. The van der Waals surface area contributed by atoms with E-state index >= 15 is 0 Å². The van der Waals surface area contributed by atoms with Crippen LogP contribution in [0.25, 0.3) is 16.4 Å². The Labute approximate surface area is 204 Å². The quantitative estimate of drug-likeness (QED) is 0.449. The Balaban J connectivity index is 1.71. The van der Waals surface area contributed by atoms with E-state index in [-0.39, 0.29) is 28.5 Å². The number of carbonyl (C=O) groups is 1. The first-order valence-corrected chi connectivity index (χ1v) is 11.3. The summed E-state index contributed by atoms with van der Waals surface area (Å²) < 4.78 is 68.4. The molecule has 36 heavy (non-hydrogen) atoms. The van der Waals surface area contributed by atoms with E-state index < -0.39 is 34.8 Å². The van der Waals surface area contributed by atoms with Crippen LogP contribution in [0.15, 0.2) is 12.3 Å². The van der Waals surface area contributed by atoms with Crippen molar-refractivity contribution in [3.8, 4) is 28.5 Å². The molecule has 0 spiro atoms. The average Bonchev–Trinajstić information content (AvgIpc) is 3.13. The zero-order valence-electron chi connectivity index (χ0n) is 19.1. The van der Waals surface area contributed by atoms with Crippen molar-refractivity contribution in [2.45, 2.75) is 44.3 Å². The molecule has 3 heterocycles. The zero-order chi connectivity index (χ0) is 26.6. The third kappa shape index (κ3) is 3.80. The highest BCUT2D eigenvalue weighted by molar-refractivity contribution is 7.16. The van der Waals surface area contributed by atoms with E-state index in [4.69, 9.17) is 0 Å². The number of rotatable bonds is 6. The second-order valence-electron chi connectivity index (χ2n) is 8.20. The Bertz CT molecular complexity index is 1430. The van der Waals surface area contributed by atoms with Gasteiger partial charge >= 0.3 is 12.1 Å². The van der Waals surface area contributed by atoms with Gasteiger partial charge in [-0.25, -0.2) is 4.68 Å². The number of nitrogens with zero attached hydrogens (tertiary/aromatic N) is 8. The molecule has 1 aliphatic carbocycles. The lowest BCUT2D eigenvalue weighted by Gasteiger charge is -2.25. The van der Waals surface area contributed by atoms with Gasteiger partial charge in [0.2, 0.25) is 0 Å². The SMILES string of the molecule is CCN(C(=O)c1cc(-c2cn(-c3c(C)c(C(F)(F)C(F)(F)F)nn3C)nn2)sc1C#N)C1(C#N)CC1. The summed E-state index contributed by atoms with van der Waals surface area (Å²) in [5.74, 6) is -5.82. The number of hydrogen-bond donors (Lipinski definition) is 0. The van der Waals surface area contributed by atoms with Crippen LogP contribution in [-0.2, 0) is 13.0 Å². The fraction of sp³-hybridized carbons (Fsp3) is 0.429. The minimum absolute atomic E-state index is 0.0826. The van der Waals surface area contributed by atoms with E-state index in [2.05, 4.69) is 21.5 Å². The van der Waals surface area contributed by atoms with Crippen molar-refractivity contribution in [2.24, 2.45) is 7.05 Å². The molecule has 188 valence electrons. The molecule has 1 aliphatic rings. The highest BCUT2D eigenvalue weighted by atomic mass is 32.1. The molecule has 3 aromatic heterocycles. The van der Waals surface area contributed by atoms with Crippen LogP contribution in [0.4, 0.5) is 22.0 Å². The molecule has 0 N–H and O–H groups in total. The average molecular weight is 524 g/mol. The third-order valence-corrected chi connectivity index (χ3v) is 7.00. The molecule has 1 saturated carbocycles. The van der Waals surface area contributed by atoms with Gasteiger partial charge in [0.25, 0.3) is 5.91 Å². The second kappa shape index (κ2) is 8.37. The van der Waals surface area contributed by atoms with E-state index in [1.807, 2.05) is 6.07 Å². The summed E-state index contributed by atoms with van der Waals surface area (Å²) in [6, 6.07) is 5.53. The van der Waals surface area contributed by atoms with Crippen LogP contribution in [0.5, 0.6) is 0 Å². The van der Waals surface area contributed by atoms with Gasteiger partial charge < -0.3 is 4.90 Å². The molecule has 0 bridgehead atoms. The van der Waals surface area contributed by atoms with E-state index in [9.17, 15) is 37.3 Å². The Morgan fingerprint density at radius 1 is 1.28 bits per heavy atom. The molecule has 3 aromatic rings. The van der Waals surface area contributed by atoms with Gasteiger partial charge in [-0.1, -0.05) is 5.21 Å². The largest absolute Gasteiger partial charge is 0.459 e. The molecule has 0 aromatic carbocycles. The van der Waals surface area contributed by atoms with Crippen LogP contribution in [0.2, 0.25) is 0 Å². The maximum Gasteiger partial charge on any atom is 0.459 e. The highest BCUT2D eigenvalue weighted by Gasteiger charge is 2.61. The number of aromatic nitrogens is 5. The summed E-state index contributed by atoms with van der Waals surface area (Å²) in [6.07, 6.45) is -3.48. The minimum atomic E-state index is -5.83. The summed E-state index contributed by atoms with van der Waals surface area (Å²) >= 11 is 0.939. The minimum Gasteiger partial charge on any atom is -0.320 e. The maximum atomic E-state index is 13.9.